The van der Waals surface area contributed by atoms with Crippen LogP contribution >= 0.6 is 0 Å². The predicted molar refractivity (Wildman–Crippen MR) is 88.3 cm³/mol. The predicted octanol–water partition coefficient (Wildman–Crippen LogP) is 2.05. The van der Waals surface area contributed by atoms with Crippen LogP contribution in [0.4, 0.5) is 0 Å². The third-order valence-corrected chi connectivity index (χ3v) is 7.51. The normalized spacial score (nSPS) is 35.0. The molecular formula is C16H32N2O2S. The first-order valence-corrected chi connectivity index (χ1v) is 10.3. The van der Waals surface area contributed by atoms with Crippen molar-refractivity contribution in [3.05, 3.63) is 0 Å². The lowest BCUT2D eigenvalue weighted by Gasteiger charge is -2.52. The van der Waals surface area contributed by atoms with Gasteiger partial charge in [0.2, 0.25) is 0 Å². The summed E-state index contributed by atoms with van der Waals surface area (Å²) in [5.74, 6) is 1.40. The molecule has 2 atom stereocenters. The molecule has 1 N–H and O–H groups in total. The second-order valence-corrected chi connectivity index (χ2v) is 9.88. The number of nitrogens with one attached hydrogen (secondary N) is 1. The highest BCUT2D eigenvalue weighted by atomic mass is 32.2. The van der Waals surface area contributed by atoms with Gasteiger partial charge in [0.15, 0.2) is 0 Å². The molecule has 0 radical (unpaired) electrons. The lowest BCUT2D eigenvalue weighted by atomic mass is 9.84. The molecule has 124 valence electrons. The van der Waals surface area contributed by atoms with E-state index < -0.39 is 9.84 Å². The molecule has 2 fully saturated rings. The minimum Gasteiger partial charge on any atom is -0.308 e. The van der Waals surface area contributed by atoms with Gasteiger partial charge in [0.05, 0.1) is 5.75 Å². The molecule has 0 aromatic rings. The molecule has 1 saturated carbocycles. The molecule has 0 bridgehead atoms. The Morgan fingerprint density at radius 1 is 1.24 bits per heavy atom. The zero-order valence-electron chi connectivity index (χ0n) is 14.1. The van der Waals surface area contributed by atoms with Gasteiger partial charge in [0.25, 0.3) is 0 Å². The standard InChI is InChI=1S/C16H32N2O2S/c1-5-15(3)12-17-16(4,14-8-9-14)13-18(15)10-7-11-21(19,20)6-2/h14,17H,5-13H2,1-4H3. The molecule has 2 rings (SSSR count). The van der Waals surface area contributed by atoms with Crippen LogP contribution in [0.2, 0.25) is 0 Å². The number of sulfone groups is 1. The van der Waals surface area contributed by atoms with E-state index in [9.17, 15) is 8.42 Å². The van der Waals surface area contributed by atoms with Crippen molar-refractivity contribution in [1.82, 2.24) is 10.2 Å². The molecule has 1 aliphatic heterocycles. The van der Waals surface area contributed by atoms with Crippen LogP contribution in [0.1, 0.15) is 53.4 Å². The van der Waals surface area contributed by atoms with Crippen LogP contribution in [0.25, 0.3) is 0 Å². The van der Waals surface area contributed by atoms with Crippen molar-refractivity contribution in [2.24, 2.45) is 5.92 Å². The Hall–Kier alpha value is -0.130. The molecular weight excluding hydrogens is 284 g/mol. The molecule has 2 unspecified atom stereocenters. The monoisotopic (exact) mass is 316 g/mol. The van der Waals surface area contributed by atoms with Gasteiger partial charge in [-0.1, -0.05) is 13.8 Å². The van der Waals surface area contributed by atoms with E-state index in [1.807, 2.05) is 0 Å². The fraction of sp³-hybridized carbons (Fsp3) is 1.00. The van der Waals surface area contributed by atoms with Crippen molar-refractivity contribution >= 4 is 9.84 Å². The van der Waals surface area contributed by atoms with E-state index in [1.165, 1.54) is 12.8 Å². The topological polar surface area (TPSA) is 49.4 Å². The number of hydrogen-bond acceptors (Lipinski definition) is 4. The highest BCUT2D eigenvalue weighted by Gasteiger charge is 2.48. The van der Waals surface area contributed by atoms with Crippen molar-refractivity contribution in [1.29, 1.82) is 0 Å². The highest BCUT2D eigenvalue weighted by Crippen LogP contribution is 2.43. The van der Waals surface area contributed by atoms with Gasteiger partial charge in [0.1, 0.15) is 9.84 Å². The highest BCUT2D eigenvalue weighted by molar-refractivity contribution is 7.91. The molecule has 0 aromatic heterocycles. The Morgan fingerprint density at radius 2 is 1.90 bits per heavy atom. The van der Waals surface area contributed by atoms with Crippen LogP contribution in [0.5, 0.6) is 0 Å². The van der Waals surface area contributed by atoms with Gasteiger partial charge < -0.3 is 5.32 Å². The van der Waals surface area contributed by atoms with Crippen LogP contribution in [0.15, 0.2) is 0 Å². The Morgan fingerprint density at radius 3 is 2.43 bits per heavy atom. The number of nitrogens with zero attached hydrogens (tertiary/aromatic N) is 1. The Bertz CT molecular complexity index is 461. The summed E-state index contributed by atoms with van der Waals surface area (Å²) in [6.45, 7) is 11.6. The number of hydrogen-bond donors (Lipinski definition) is 1. The van der Waals surface area contributed by atoms with E-state index in [2.05, 4.69) is 31.0 Å². The second-order valence-electron chi connectivity index (χ2n) is 7.41. The smallest absolute Gasteiger partial charge is 0.150 e. The number of piperazine rings is 1. The van der Waals surface area contributed by atoms with Gasteiger partial charge in [-0.15, -0.1) is 0 Å². The van der Waals surface area contributed by atoms with Crippen molar-refractivity contribution < 1.29 is 8.42 Å². The molecule has 21 heavy (non-hydrogen) atoms. The maximum Gasteiger partial charge on any atom is 0.150 e. The first-order chi connectivity index (χ1) is 9.75. The van der Waals surface area contributed by atoms with E-state index in [0.29, 0.717) is 5.75 Å². The summed E-state index contributed by atoms with van der Waals surface area (Å²) in [5.41, 5.74) is 0.378. The largest absolute Gasteiger partial charge is 0.308 e. The summed E-state index contributed by atoms with van der Waals surface area (Å²) in [6.07, 6.45) is 4.53. The summed E-state index contributed by atoms with van der Waals surface area (Å²) in [7, 11) is -2.84. The van der Waals surface area contributed by atoms with Crippen LogP contribution in [-0.4, -0.2) is 55.5 Å². The minimum absolute atomic E-state index is 0.157. The molecule has 5 heteroatoms. The van der Waals surface area contributed by atoms with Crippen molar-refractivity contribution in [2.45, 2.75) is 64.5 Å². The van der Waals surface area contributed by atoms with Crippen LogP contribution in [0.3, 0.4) is 0 Å². The summed E-state index contributed by atoms with van der Waals surface area (Å²) in [6, 6.07) is 0. The molecule has 4 nitrogen and oxygen atoms in total. The van der Waals surface area contributed by atoms with Gasteiger partial charge in [-0.25, -0.2) is 8.42 Å². The summed E-state index contributed by atoms with van der Waals surface area (Å²) in [5, 5.41) is 3.79. The first-order valence-electron chi connectivity index (χ1n) is 8.45. The molecule has 1 aliphatic carbocycles. The zero-order chi connectivity index (χ0) is 15.7. The fourth-order valence-corrected chi connectivity index (χ4v) is 4.32. The minimum atomic E-state index is -2.84. The Kier molecular flexibility index (Phi) is 5.06. The van der Waals surface area contributed by atoms with Gasteiger partial charge >= 0.3 is 0 Å². The Labute approximate surface area is 130 Å². The SMILES string of the molecule is CCC1(C)CNC(C)(C2CC2)CN1CCCS(=O)(=O)CC. The summed E-state index contributed by atoms with van der Waals surface area (Å²) >= 11 is 0. The average molecular weight is 317 g/mol. The lowest BCUT2D eigenvalue weighted by molar-refractivity contribution is 0.0110. The van der Waals surface area contributed by atoms with E-state index in [-0.39, 0.29) is 16.8 Å². The maximum absolute atomic E-state index is 11.7. The summed E-state index contributed by atoms with van der Waals surface area (Å²) in [4.78, 5) is 2.55. The van der Waals surface area contributed by atoms with Crippen LogP contribution in [-0.2, 0) is 9.84 Å². The molecule has 1 heterocycles. The fourth-order valence-electron chi connectivity index (χ4n) is 3.46. The number of rotatable bonds is 7. The van der Waals surface area contributed by atoms with Gasteiger partial charge in [0, 0.05) is 29.9 Å². The van der Waals surface area contributed by atoms with Gasteiger partial charge in [-0.2, -0.15) is 0 Å². The Balaban J connectivity index is 1.98. The first kappa shape index (κ1) is 17.2. The molecule has 0 aromatic carbocycles. The van der Waals surface area contributed by atoms with Crippen molar-refractivity contribution in [3.63, 3.8) is 0 Å². The molecule has 0 amide bonds. The van der Waals surface area contributed by atoms with E-state index in [0.717, 1.165) is 38.4 Å². The second kappa shape index (κ2) is 6.17. The average Bonchev–Trinajstić information content (AvgIpc) is 3.28. The molecule has 0 spiro atoms. The van der Waals surface area contributed by atoms with E-state index >= 15 is 0 Å². The molecule has 1 saturated heterocycles. The van der Waals surface area contributed by atoms with E-state index in [4.69, 9.17) is 0 Å². The molecule has 2 aliphatic rings. The van der Waals surface area contributed by atoms with Crippen LogP contribution < -0.4 is 5.32 Å². The van der Waals surface area contributed by atoms with Crippen molar-refractivity contribution in [3.8, 4) is 0 Å². The van der Waals surface area contributed by atoms with E-state index in [1.54, 1.807) is 6.92 Å². The third-order valence-electron chi connectivity index (χ3n) is 5.72. The maximum atomic E-state index is 11.7. The van der Waals surface area contributed by atoms with Crippen LogP contribution in [0, 0.1) is 5.92 Å². The van der Waals surface area contributed by atoms with Gasteiger partial charge in [-0.3, -0.25) is 4.90 Å². The van der Waals surface area contributed by atoms with Crippen molar-refractivity contribution in [2.75, 3.05) is 31.1 Å². The quantitative estimate of drug-likeness (QED) is 0.781. The van der Waals surface area contributed by atoms with Gasteiger partial charge in [-0.05, 0) is 52.0 Å². The third kappa shape index (κ3) is 3.99. The lowest BCUT2D eigenvalue weighted by Crippen LogP contribution is -2.68. The zero-order valence-corrected chi connectivity index (χ0v) is 14.9. The summed E-state index contributed by atoms with van der Waals surface area (Å²) < 4.78 is 23.4.